The maximum absolute atomic E-state index is 12.7. The van der Waals surface area contributed by atoms with E-state index in [2.05, 4.69) is 5.10 Å². The third-order valence-electron chi connectivity index (χ3n) is 4.43. The van der Waals surface area contributed by atoms with E-state index in [0.29, 0.717) is 5.69 Å². The summed E-state index contributed by atoms with van der Waals surface area (Å²) >= 11 is 0. The maximum Gasteiger partial charge on any atom is 0.323 e. The van der Waals surface area contributed by atoms with Gasteiger partial charge in [0.05, 0.1) is 5.69 Å². The van der Waals surface area contributed by atoms with Crippen molar-refractivity contribution in [3.8, 4) is 0 Å². The number of rotatable bonds is 5. The Bertz CT molecular complexity index is 768. The molecule has 1 aliphatic heterocycles. The van der Waals surface area contributed by atoms with Crippen molar-refractivity contribution in [1.82, 2.24) is 4.90 Å². The van der Waals surface area contributed by atoms with Gasteiger partial charge in [0.2, 0.25) is 5.91 Å². The highest BCUT2D eigenvalue weighted by Gasteiger charge is 2.37. The van der Waals surface area contributed by atoms with Crippen molar-refractivity contribution >= 4 is 29.2 Å². The second kappa shape index (κ2) is 6.66. The van der Waals surface area contributed by atoms with Crippen molar-refractivity contribution in [3.63, 3.8) is 0 Å². The predicted molar refractivity (Wildman–Crippen MR) is 92.4 cm³/mol. The second-order valence-corrected chi connectivity index (χ2v) is 6.60. The molecule has 0 spiro atoms. The van der Waals surface area contributed by atoms with Gasteiger partial charge in [-0.25, -0.2) is 5.01 Å². The number of aryl methyl sites for hydroxylation is 2. The van der Waals surface area contributed by atoms with E-state index < -0.39 is 5.97 Å². The van der Waals surface area contributed by atoms with Crippen LogP contribution < -0.4 is 5.01 Å². The van der Waals surface area contributed by atoms with Crippen molar-refractivity contribution in [1.29, 1.82) is 0 Å². The number of carbonyl (C=O) groups is 3. The minimum Gasteiger partial charge on any atom is -0.480 e. The molecule has 25 heavy (non-hydrogen) atoms. The van der Waals surface area contributed by atoms with Gasteiger partial charge in [-0.1, -0.05) is 12.1 Å². The van der Waals surface area contributed by atoms with Gasteiger partial charge in [-0.3, -0.25) is 14.4 Å². The molecule has 1 aliphatic carbocycles. The number of anilines is 1. The first-order valence-electron chi connectivity index (χ1n) is 8.37. The standard InChI is InChI=1S/C18H21N3O4/c1-11-3-4-12(2)15(9-11)21-16(22)8-7-14(19-21)18(25)20(10-17(23)24)13-5-6-13/h3-4,9,13H,5-8,10H2,1-2H3,(H,23,24). The fourth-order valence-electron chi connectivity index (χ4n) is 2.91. The van der Waals surface area contributed by atoms with Crippen molar-refractivity contribution in [2.45, 2.75) is 45.6 Å². The monoisotopic (exact) mass is 343 g/mol. The molecule has 2 aliphatic rings. The highest BCUT2D eigenvalue weighted by atomic mass is 16.4. The van der Waals surface area contributed by atoms with Crippen molar-refractivity contribution in [2.24, 2.45) is 5.10 Å². The SMILES string of the molecule is Cc1ccc(C)c(N2N=C(C(=O)N(CC(=O)O)C3CC3)CCC2=O)c1. The van der Waals surface area contributed by atoms with Crippen LogP contribution in [-0.2, 0) is 14.4 Å². The number of hydrogen-bond donors (Lipinski definition) is 1. The van der Waals surface area contributed by atoms with Crippen LogP contribution in [0.4, 0.5) is 5.69 Å². The molecule has 1 N–H and O–H groups in total. The Hall–Kier alpha value is -2.70. The fraction of sp³-hybridized carbons (Fsp3) is 0.444. The molecule has 0 unspecified atom stereocenters. The van der Waals surface area contributed by atoms with E-state index >= 15 is 0 Å². The van der Waals surface area contributed by atoms with Crippen LogP contribution in [0.2, 0.25) is 0 Å². The summed E-state index contributed by atoms with van der Waals surface area (Å²) in [6.07, 6.45) is 2.04. The van der Waals surface area contributed by atoms with Gasteiger partial charge in [-0.2, -0.15) is 5.10 Å². The lowest BCUT2D eigenvalue weighted by Gasteiger charge is -2.27. The van der Waals surface area contributed by atoms with Gasteiger partial charge in [0.25, 0.3) is 5.91 Å². The minimum absolute atomic E-state index is 0.0296. The molecule has 1 heterocycles. The molecule has 132 valence electrons. The molecule has 2 amide bonds. The molecular weight excluding hydrogens is 322 g/mol. The van der Waals surface area contributed by atoms with Crippen molar-refractivity contribution < 1.29 is 19.5 Å². The van der Waals surface area contributed by atoms with Gasteiger partial charge in [0.1, 0.15) is 12.3 Å². The molecule has 3 rings (SSSR count). The number of benzene rings is 1. The Labute approximate surface area is 145 Å². The molecule has 0 radical (unpaired) electrons. The Kier molecular flexibility index (Phi) is 4.57. The molecule has 0 bridgehead atoms. The van der Waals surface area contributed by atoms with Gasteiger partial charge in [0, 0.05) is 18.9 Å². The number of carboxylic acids is 1. The van der Waals surface area contributed by atoms with Gasteiger partial charge >= 0.3 is 5.97 Å². The van der Waals surface area contributed by atoms with Gasteiger partial charge in [-0.15, -0.1) is 0 Å². The normalized spacial score (nSPS) is 17.3. The average molecular weight is 343 g/mol. The Morgan fingerprint density at radius 3 is 2.64 bits per heavy atom. The average Bonchev–Trinajstić information content (AvgIpc) is 3.39. The molecule has 1 aromatic carbocycles. The van der Waals surface area contributed by atoms with Crippen LogP contribution >= 0.6 is 0 Å². The first kappa shape index (κ1) is 17.1. The van der Waals surface area contributed by atoms with Gasteiger partial charge < -0.3 is 10.0 Å². The third kappa shape index (κ3) is 3.70. The number of hydrazone groups is 1. The minimum atomic E-state index is -1.04. The van der Waals surface area contributed by atoms with E-state index in [1.54, 1.807) is 0 Å². The zero-order valence-electron chi connectivity index (χ0n) is 14.4. The van der Waals surface area contributed by atoms with Crippen molar-refractivity contribution in [2.75, 3.05) is 11.6 Å². The zero-order valence-corrected chi connectivity index (χ0v) is 14.4. The van der Waals surface area contributed by atoms with Crippen LogP contribution in [0.3, 0.4) is 0 Å². The van der Waals surface area contributed by atoms with E-state index in [-0.39, 0.29) is 43.0 Å². The lowest BCUT2D eigenvalue weighted by molar-refractivity contribution is -0.142. The van der Waals surface area contributed by atoms with E-state index in [1.807, 2.05) is 32.0 Å². The van der Waals surface area contributed by atoms with Crippen LogP contribution in [0.15, 0.2) is 23.3 Å². The van der Waals surface area contributed by atoms with E-state index in [9.17, 15) is 14.4 Å². The Morgan fingerprint density at radius 1 is 1.28 bits per heavy atom. The summed E-state index contributed by atoms with van der Waals surface area (Å²) in [5, 5.41) is 14.6. The van der Waals surface area contributed by atoms with E-state index in [0.717, 1.165) is 24.0 Å². The highest BCUT2D eigenvalue weighted by Crippen LogP contribution is 2.29. The largest absolute Gasteiger partial charge is 0.480 e. The van der Waals surface area contributed by atoms with Crippen molar-refractivity contribution in [3.05, 3.63) is 29.3 Å². The summed E-state index contributed by atoms with van der Waals surface area (Å²) < 4.78 is 0. The zero-order chi connectivity index (χ0) is 18.1. The molecule has 7 heteroatoms. The summed E-state index contributed by atoms with van der Waals surface area (Å²) in [6.45, 7) is 3.48. The number of aliphatic carboxylic acids is 1. The fourth-order valence-corrected chi connectivity index (χ4v) is 2.91. The van der Waals surface area contributed by atoms with Gasteiger partial charge in [-0.05, 0) is 43.9 Å². The molecule has 0 aromatic heterocycles. The summed E-state index contributed by atoms with van der Waals surface area (Å²) in [4.78, 5) is 37.5. The Balaban J connectivity index is 1.91. The third-order valence-corrected chi connectivity index (χ3v) is 4.43. The topological polar surface area (TPSA) is 90.3 Å². The van der Waals surface area contributed by atoms with Crippen LogP contribution in [0, 0.1) is 13.8 Å². The number of amides is 2. The first-order chi connectivity index (χ1) is 11.9. The van der Waals surface area contributed by atoms with Crippen LogP contribution in [0.1, 0.15) is 36.8 Å². The summed E-state index contributed by atoms with van der Waals surface area (Å²) in [5.74, 6) is -1.59. The number of carboxylic acid groups (broad SMARTS) is 1. The molecule has 7 nitrogen and oxygen atoms in total. The Morgan fingerprint density at radius 2 is 2.00 bits per heavy atom. The summed E-state index contributed by atoms with van der Waals surface area (Å²) in [7, 11) is 0. The van der Waals surface area contributed by atoms with Crippen LogP contribution in [0.25, 0.3) is 0 Å². The van der Waals surface area contributed by atoms with Gasteiger partial charge in [0.15, 0.2) is 0 Å². The first-order valence-corrected chi connectivity index (χ1v) is 8.37. The maximum atomic E-state index is 12.7. The van der Waals surface area contributed by atoms with Crippen LogP contribution in [-0.4, -0.2) is 46.1 Å². The van der Waals surface area contributed by atoms with E-state index in [1.165, 1.54) is 9.91 Å². The molecule has 0 atom stereocenters. The molecule has 1 saturated carbocycles. The molecule has 1 fully saturated rings. The lowest BCUT2D eigenvalue weighted by atomic mass is 10.1. The van der Waals surface area contributed by atoms with E-state index in [4.69, 9.17) is 5.11 Å². The number of hydrogen-bond acceptors (Lipinski definition) is 4. The number of nitrogens with zero attached hydrogens (tertiary/aromatic N) is 3. The molecule has 1 aromatic rings. The summed E-state index contributed by atoms with van der Waals surface area (Å²) in [6, 6.07) is 5.69. The quantitative estimate of drug-likeness (QED) is 0.883. The van der Waals surface area contributed by atoms with Crippen LogP contribution in [0.5, 0.6) is 0 Å². The predicted octanol–water partition coefficient (Wildman–Crippen LogP) is 1.86. The molecule has 0 saturated heterocycles. The molecular formula is C18H21N3O4. The summed E-state index contributed by atoms with van der Waals surface area (Å²) in [5.41, 5.74) is 2.79. The lowest BCUT2D eigenvalue weighted by Crippen LogP contribution is -2.44. The number of carbonyl (C=O) groups excluding carboxylic acids is 2. The second-order valence-electron chi connectivity index (χ2n) is 6.60. The highest BCUT2D eigenvalue weighted by molar-refractivity contribution is 6.40. The smallest absolute Gasteiger partial charge is 0.323 e.